The molecule has 0 amide bonds. The largest absolute Gasteiger partial charge is 0.347 e. The number of hydrogen-bond acceptors (Lipinski definition) is 7. The average Bonchev–Trinajstić information content (AvgIpc) is 2.87. The number of nitrogens with one attached hydrogen (secondary N) is 1. The second-order valence-corrected chi connectivity index (χ2v) is 12.3. The SMILES string of the molecule is CCCCCCO[C@@H]1O[C@@H]2COC(c3ccccc3)O[C@H]2[C@H](NC23CC4CC(CC(C4)C2)C3)[C@H]1[N+](=O)[O-]. The highest BCUT2D eigenvalue weighted by Crippen LogP contribution is 2.56. The molecule has 1 aromatic rings. The Morgan fingerprint density at radius 2 is 1.73 bits per heavy atom. The lowest BCUT2D eigenvalue weighted by Crippen LogP contribution is -2.73. The predicted octanol–water partition coefficient (Wildman–Crippen LogP) is 4.99. The molecule has 7 rings (SSSR count). The predicted molar refractivity (Wildman–Crippen MR) is 137 cm³/mol. The summed E-state index contributed by atoms with van der Waals surface area (Å²) in [6.45, 7) is 2.95. The molecule has 2 saturated heterocycles. The van der Waals surface area contributed by atoms with E-state index in [1.165, 1.54) is 19.3 Å². The molecule has 2 heterocycles. The first-order valence-electron chi connectivity index (χ1n) is 14.5. The van der Waals surface area contributed by atoms with E-state index in [1.807, 2.05) is 30.3 Å². The van der Waals surface area contributed by atoms with Gasteiger partial charge in [-0.15, -0.1) is 0 Å². The van der Waals surface area contributed by atoms with Gasteiger partial charge in [0.05, 0.1) is 13.2 Å². The van der Waals surface area contributed by atoms with Gasteiger partial charge in [-0.25, -0.2) is 0 Å². The lowest BCUT2D eigenvalue weighted by molar-refractivity contribution is -0.570. The first kappa shape index (κ1) is 25.7. The lowest BCUT2D eigenvalue weighted by atomic mass is 9.52. The molecule has 0 spiro atoms. The molecule has 2 aliphatic heterocycles. The van der Waals surface area contributed by atoms with E-state index < -0.39 is 36.9 Å². The zero-order valence-corrected chi connectivity index (χ0v) is 22.0. The lowest BCUT2D eigenvalue weighted by Gasteiger charge is -2.59. The monoisotopic (exact) mass is 514 g/mol. The molecule has 1 aromatic carbocycles. The van der Waals surface area contributed by atoms with Crippen LogP contribution in [-0.2, 0) is 18.9 Å². The molecule has 1 unspecified atom stereocenters. The fraction of sp³-hybridized carbons (Fsp3) is 0.793. The smallest absolute Gasteiger partial charge is 0.280 e. The molecule has 1 N–H and O–H groups in total. The number of benzene rings is 1. The minimum atomic E-state index is -1.03. The highest BCUT2D eigenvalue weighted by atomic mass is 16.7. The van der Waals surface area contributed by atoms with Crippen LogP contribution >= 0.6 is 0 Å². The average molecular weight is 515 g/mol. The molecule has 4 bridgehead atoms. The number of fused-ring (bicyclic) bond motifs is 1. The van der Waals surface area contributed by atoms with E-state index >= 15 is 0 Å². The summed E-state index contributed by atoms with van der Waals surface area (Å²) in [6.07, 6.45) is 9.13. The van der Waals surface area contributed by atoms with Gasteiger partial charge >= 0.3 is 0 Å². The van der Waals surface area contributed by atoms with Gasteiger partial charge in [0, 0.05) is 16.0 Å². The van der Waals surface area contributed by atoms with Crippen LogP contribution in [0.5, 0.6) is 0 Å². The Labute approximate surface area is 219 Å². The standard InChI is InChI=1S/C29H42N2O6/c1-2-3-4-8-11-34-28-25(31(32)33)24(30-29-15-19-12-20(16-29)14-21(13-19)17-29)26-23(36-28)18-35-27(37-26)22-9-6-5-7-10-22/h5-7,9-10,19-21,23-28,30H,2-4,8,11-18H2,1H3/t19?,20?,21?,23-,24-,25-,26-,27?,28-,29?/m1/s1. The van der Waals surface area contributed by atoms with E-state index in [4.69, 9.17) is 18.9 Å². The van der Waals surface area contributed by atoms with Gasteiger partial charge in [0.15, 0.2) is 6.29 Å². The topological polar surface area (TPSA) is 92.1 Å². The maximum absolute atomic E-state index is 12.6. The molecule has 8 heteroatoms. The molecule has 0 radical (unpaired) electrons. The highest BCUT2D eigenvalue weighted by Gasteiger charge is 2.60. The minimum absolute atomic E-state index is 0.0504. The van der Waals surface area contributed by atoms with Crippen LogP contribution in [0.4, 0.5) is 0 Å². The van der Waals surface area contributed by atoms with Gasteiger partial charge in [0.25, 0.3) is 6.04 Å². The van der Waals surface area contributed by atoms with Crippen LogP contribution in [-0.4, -0.2) is 54.3 Å². The van der Waals surface area contributed by atoms with Gasteiger partial charge in [-0.1, -0.05) is 56.5 Å². The van der Waals surface area contributed by atoms with Crippen LogP contribution < -0.4 is 5.32 Å². The van der Waals surface area contributed by atoms with Gasteiger partial charge in [0.1, 0.15) is 18.2 Å². The van der Waals surface area contributed by atoms with Gasteiger partial charge in [-0.2, -0.15) is 0 Å². The zero-order chi connectivity index (χ0) is 25.4. The van der Waals surface area contributed by atoms with Crippen LogP contribution in [0, 0.1) is 27.9 Å². The van der Waals surface area contributed by atoms with Crippen molar-refractivity contribution >= 4 is 0 Å². The number of rotatable bonds is 10. The van der Waals surface area contributed by atoms with E-state index in [9.17, 15) is 10.1 Å². The van der Waals surface area contributed by atoms with Crippen LogP contribution in [0.3, 0.4) is 0 Å². The first-order chi connectivity index (χ1) is 18.0. The fourth-order valence-electron chi connectivity index (χ4n) is 8.29. The highest BCUT2D eigenvalue weighted by molar-refractivity contribution is 5.17. The summed E-state index contributed by atoms with van der Waals surface area (Å²) in [5.74, 6) is 2.21. The Bertz CT molecular complexity index is 893. The second-order valence-electron chi connectivity index (χ2n) is 12.3. The van der Waals surface area contributed by atoms with Crippen molar-refractivity contribution in [1.82, 2.24) is 5.32 Å². The normalized spacial score (nSPS) is 42.5. The third-order valence-electron chi connectivity index (χ3n) is 9.47. The summed E-state index contributed by atoms with van der Waals surface area (Å²) in [6, 6.07) is 8.29. The van der Waals surface area contributed by atoms with Crippen molar-refractivity contribution in [3.63, 3.8) is 0 Å². The number of nitrogens with zero attached hydrogens (tertiary/aromatic N) is 1. The fourth-order valence-corrected chi connectivity index (χ4v) is 8.29. The number of unbranched alkanes of at least 4 members (excludes halogenated alkanes) is 3. The van der Waals surface area contributed by atoms with E-state index in [1.54, 1.807) is 0 Å². The van der Waals surface area contributed by atoms with Crippen molar-refractivity contribution in [2.75, 3.05) is 13.2 Å². The van der Waals surface area contributed by atoms with E-state index in [0.29, 0.717) is 13.2 Å². The second kappa shape index (κ2) is 10.9. The van der Waals surface area contributed by atoms with Crippen molar-refractivity contribution < 1.29 is 23.9 Å². The Balaban J connectivity index is 1.26. The summed E-state index contributed by atoms with van der Waals surface area (Å²) in [5.41, 5.74) is 0.868. The number of hydrogen-bond donors (Lipinski definition) is 1. The summed E-state index contributed by atoms with van der Waals surface area (Å²) in [5, 5.41) is 16.6. The van der Waals surface area contributed by atoms with Crippen molar-refractivity contribution in [1.29, 1.82) is 0 Å². The molecule has 6 fully saturated rings. The molecule has 37 heavy (non-hydrogen) atoms. The van der Waals surface area contributed by atoms with Crippen molar-refractivity contribution in [3.05, 3.63) is 46.0 Å². The zero-order valence-electron chi connectivity index (χ0n) is 22.0. The Morgan fingerprint density at radius 1 is 1.03 bits per heavy atom. The summed E-state index contributed by atoms with van der Waals surface area (Å²) >= 11 is 0. The van der Waals surface area contributed by atoms with Crippen LogP contribution in [0.1, 0.15) is 83.0 Å². The maximum Gasteiger partial charge on any atom is 0.280 e. The molecular formula is C29H42N2O6. The quantitative estimate of drug-likeness (QED) is 0.267. The molecule has 6 aliphatic rings. The van der Waals surface area contributed by atoms with Crippen molar-refractivity contribution in [2.45, 2.75) is 114 Å². The van der Waals surface area contributed by atoms with Crippen molar-refractivity contribution in [3.8, 4) is 0 Å². The van der Waals surface area contributed by atoms with Gasteiger partial charge in [-0.05, 0) is 62.7 Å². The Morgan fingerprint density at radius 3 is 2.38 bits per heavy atom. The molecule has 204 valence electrons. The van der Waals surface area contributed by atoms with E-state index in [2.05, 4.69) is 12.2 Å². The number of ether oxygens (including phenoxy) is 4. The number of nitro groups is 1. The summed E-state index contributed by atoms with van der Waals surface area (Å²) < 4.78 is 24.9. The summed E-state index contributed by atoms with van der Waals surface area (Å²) in [7, 11) is 0. The van der Waals surface area contributed by atoms with Crippen LogP contribution in [0.2, 0.25) is 0 Å². The molecule has 4 saturated carbocycles. The third-order valence-corrected chi connectivity index (χ3v) is 9.47. The third kappa shape index (κ3) is 5.33. The van der Waals surface area contributed by atoms with E-state index in [-0.39, 0.29) is 10.5 Å². The molecule has 6 atom stereocenters. The van der Waals surface area contributed by atoms with Crippen molar-refractivity contribution in [2.24, 2.45) is 17.8 Å². The van der Waals surface area contributed by atoms with Gasteiger partial charge in [-0.3, -0.25) is 15.4 Å². The van der Waals surface area contributed by atoms with Crippen LogP contribution in [0.15, 0.2) is 30.3 Å². The maximum atomic E-state index is 12.6. The molecule has 0 aromatic heterocycles. The molecule has 8 nitrogen and oxygen atoms in total. The van der Waals surface area contributed by atoms with E-state index in [0.717, 1.165) is 68.3 Å². The van der Waals surface area contributed by atoms with Gasteiger partial charge in [0.2, 0.25) is 6.29 Å². The molecular weight excluding hydrogens is 472 g/mol. The summed E-state index contributed by atoms with van der Waals surface area (Å²) in [4.78, 5) is 12.4. The molecule has 4 aliphatic carbocycles. The van der Waals surface area contributed by atoms with Gasteiger partial charge < -0.3 is 18.9 Å². The Kier molecular flexibility index (Phi) is 7.56. The van der Waals surface area contributed by atoms with Crippen LogP contribution in [0.25, 0.3) is 0 Å². The minimum Gasteiger partial charge on any atom is -0.347 e. The first-order valence-corrected chi connectivity index (χ1v) is 14.5. The Hall–Kier alpha value is -1.58.